The maximum atomic E-state index is 11.6. The molecule has 1 aliphatic heterocycles. The van der Waals surface area contributed by atoms with Crippen LogP contribution in [0.15, 0.2) is 24.3 Å². The second-order valence-electron chi connectivity index (χ2n) is 4.37. The molecule has 0 radical (unpaired) electrons. The number of likely N-dealkylation sites (tertiary alicyclic amines) is 1. The zero-order valence-corrected chi connectivity index (χ0v) is 10.1. The minimum absolute atomic E-state index is 0.0131. The highest BCUT2D eigenvalue weighted by Crippen LogP contribution is 2.36. The molecule has 1 aliphatic rings. The lowest BCUT2D eigenvalue weighted by molar-refractivity contribution is -0.127. The number of rotatable bonds is 3. The number of methoxy groups -OCH3 is 1. The van der Waals surface area contributed by atoms with Gasteiger partial charge in [-0.3, -0.25) is 4.79 Å². The molecular formula is C13H17NO3. The largest absolute Gasteiger partial charge is 0.497 e. The molecule has 17 heavy (non-hydrogen) atoms. The zero-order chi connectivity index (χ0) is 12.4. The van der Waals surface area contributed by atoms with Crippen molar-refractivity contribution in [1.82, 2.24) is 4.90 Å². The number of benzene rings is 1. The summed E-state index contributed by atoms with van der Waals surface area (Å²) in [4.78, 5) is 13.4. The van der Waals surface area contributed by atoms with Crippen molar-refractivity contribution < 1.29 is 14.6 Å². The Morgan fingerprint density at radius 3 is 2.59 bits per heavy atom. The van der Waals surface area contributed by atoms with Gasteiger partial charge in [0, 0.05) is 26.0 Å². The van der Waals surface area contributed by atoms with Gasteiger partial charge in [-0.05, 0) is 17.7 Å². The first kappa shape index (κ1) is 11.9. The molecule has 1 amide bonds. The summed E-state index contributed by atoms with van der Waals surface area (Å²) in [6.45, 7) is 0.0345. The van der Waals surface area contributed by atoms with Gasteiger partial charge in [-0.1, -0.05) is 12.1 Å². The summed E-state index contributed by atoms with van der Waals surface area (Å²) in [5, 5.41) is 9.33. The van der Waals surface area contributed by atoms with Crippen LogP contribution >= 0.6 is 0 Å². The highest BCUT2D eigenvalue weighted by atomic mass is 16.5. The summed E-state index contributed by atoms with van der Waals surface area (Å²) >= 11 is 0. The van der Waals surface area contributed by atoms with E-state index < -0.39 is 0 Å². The normalized spacial score (nSPS) is 24.2. The van der Waals surface area contributed by atoms with E-state index in [9.17, 15) is 9.90 Å². The van der Waals surface area contributed by atoms with E-state index in [4.69, 9.17) is 4.74 Å². The SMILES string of the molecule is COc1ccc([C@@H]2[C@H](CO)CC(=O)N2C)cc1. The molecule has 0 bridgehead atoms. The average molecular weight is 235 g/mol. The summed E-state index contributed by atoms with van der Waals surface area (Å²) in [5.41, 5.74) is 1.04. The highest BCUT2D eigenvalue weighted by molar-refractivity contribution is 5.79. The summed E-state index contributed by atoms with van der Waals surface area (Å²) in [5.74, 6) is 0.868. The van der Waals surface area contributed by atoms with E-state index in [0.29, 0.717) is 6.42 Å². The number of carbonyl (C=O) groups excluding carboxylic acids is 1. The molecule has 0 spiro atoms. The molecule has 2 rings (SSSR count). The first-order chi connectivity index (χ1) is 8.17. The minimum atomic E-state index is -0.0293. The van der Waals surface area contributed by atoms with Gasteiger partial charge >= 0.3 is 0 Å². The van der Waals surface area contributed by atoms with Gasteiger partial charge in [-0.15, -0.1) is 0 Å². The third-order valence-corrected chi connectivity index (χ3v) is 3.39. The second kappa shape index (κ2) is 4.75. The smallest absolute Gasteiger partial charge is 0.223 e. The number of aliphatic hydroxyl groups excluding tert-OH is 1. The predicted octanol–water partition coefficient (Wildman–Crippen LogP) is 1.21. The predicted molar refractivity (Wildman–Crippen MR) is 63.7 cm³/mol. The molecule has 1 saturated heterocycles. The van der Waals surface area contributed by atoms with Crippen LogP contribution in [-0.2, 0) is 4.79 Å². The molecule has 0 unspecified atom stereocenters. The number of aliphatic hydroxyl groups is 1. The third kappa shape index (κ3) is 2.13. The lowest BCUT2D eigenvalue weighted by Crippen LogP contribution is -2.25. The van der Waals surface area contributed by atoms with E-state index in [-0.39, 0.29) is 24.5 Å². The molecule has 0 aromatic heterocycles. The fourth-order valence-electron chi connectivity index (χ4n) is 2.41. The van der Waals surface area contributed by atoms with E-state index in [2.05, 4.69) is 0 Å². The summed E-state index contributed by atoms with van der Waals surface area (Å²) in [6, 6.07) is 7.61. The molecule has 92 valence electrons. The lowest BCUT2D eigenvalue weighted by atomic mass is 9.94. The maximum absolute atomic E-state index is 11.6. The summed E-state index contributed by atoms with van der Waals surface area (Å²) in [6.07, 6.45) is 0.420. The molecule has 1 aromatic rings. The van der Waals surface area contributed by atoms with Crippen molar-refractivity contribution in [3.63, 3.8) is 0 Å². The Morgan fingerprint density at radius 1 is 1.41 bits per heavy atom. The van der Waals surface area contributed by atoms with E-state index in [1.165, 1.54) is 0 Å². The molecule has 1 aromatic carbocycles. The Kier molecular flexibility index (Phi) is 3.33. The van der Waals surface area contributed by atoms with Gasteiger partial charge in [0.05, 0.1) is 13.2 Å². The zero-order valence-electron chi connectivity index (χ0n) is 10.1. The number of hydrogen-bond donors (Lipinski definition) is 1. The standard InChI is InChI=1S/C13H17NO3/c1-14-12(16)7-10(8-15)13(14)9-3-5-11(17-2)6-4-9/h3-6,10,13,15H,7-8H2,1-2H3/t10-,13+/m0/s1. The number of ether oxygens (including phenoxy) is 1. The van der Waals surface area contributed by atoms with Gasteiger partial charge in [0.15, 0.2) is 0 Å². The average Bonchev–Trinajstić information content (AvgIpc) is 2.65. The second-order valence-corrected chi connectivity index (χ2v) is 4.37. The number of nitrogens with zero attached hydrogens (tertiary/aromatic N) is 1. The van der Waals surface area contributed by atoms with Crippen LogP contribution in [0.5, 0.6) is 5.75 Å². The molecule has 2 atom stereocenters. The van der Waals surface area contributed by atoms with Crippen LogP contribution in [0, 0.1) is 5.92 Å². The number of amides is 1. The van der Waals surface area contributed by atoms with E-state index in [0.717, 1.165) is 11.3 Å². The fraction of sp³-hybridized carbons (Fsp3) is 0.462. The monoisotopic (exact) mass is 235 g/mol. The van der Waals surface area contributed by atoms with Crippen molar-refractivity contribution in [2.75, 3.05) is 20.8 Å². The minimum Gasteiger partial charge on any atom is -0.497 e. The number of hydrogen-bond acceptors (Lipinski definition) is 3. The Bertz CT molecular complexity index is 402. The van der Waals surface area contributed by atoms with Gasteiger partial charge in [-0.2, -0.15) is 0 Å². The van der Waals surface area contributed by atoms with Crippen molar-refractivity contribution in [1.29, 1.82) is 0 Å². The highest BCUT2D eigenvalue weighted by Gasteiger charge is 2.37. The maximum Gasteiger partial charge on any atom is 0.223 e. The van der Waals surface area contributed by atoms with Gasteiger partial charge < -0.3 is 14.7 Å². The van der Waals surface area contributed by atoms with E-state index >= 15 is 0 Å². The third-order valence-electron chi connectivity index (χ3n) is 3.39. The first-order valence-electron chi connectivity index (χ1n) is 5.68. The van der Waals surface area contributed by atoms with E-state index in [1.807, 2.05) is 24.3 Å². The Balaban J connectivity index is 2.27. The number of carbonyl (C=O) groups is 1. The van der Waals surface area contributed by atoms with Crippen LogP contribution in [-0.4, -0.2) is 36.7 Å². The molecule has 4 nitrogen and oxygen atoms in total. The van der Waals surface area contributed by atoms with Crippen LogP contribution in [0.4, 0.5) is 0 Å². The quantitative estimate of drug-likeness (QED) is 0.856. The first-order valence-corrected chi connectivity index (χ1v) is 5.68. The molecule has 0 saturated carbocycles. The Morgan fingerprint density at radius 2 is 2.06 bits per heavy atom. The van der Waals surface area contributed by atoms with Crippen LogP contribution in [0.25, 0.3) is 0 Å². The van der Waals surface area contributed by atoms with Gasteiger partial charge in [0.1, 0.15) is 5.75 Å². The van der Waals surface area contributed by atoms with Gasteiger partial charge in [-0.25, -0.2) is 0 Å². The van der Waals surface area contributed by atoms with E-state index in [1.54, 1.807) is 19.1 Å². The lowest BCUT2D eigenvalue weighted by Gasteiger charge is -2.24. The van der Waals surface area contributed by atoms with Gasteiger partial charge in [0.2, 0.25) is 5.91 Å². The molecule has 4 heteroatoms. The van der Waals surface area contributed by atoms with Gasteiger partial charge in [0.25, 0.3) is 0 Å². The van der Waals surface area contributed by atoms with Crippen molar-refractivity contribution >= 4 is 5.91 Å². The topological polar surface area (TPSA) is 49.8 Å². The van der Waals surface area contributed by atoms with Crippen molar-refractivity contribution in [2.45, 2.75) is 12.5 Å². The van der Waals surface area contributed by atoms with Crippen LogP contribution < -0.4 is 4.74 Å². The molecule has 0 aliphatic carbocycles. The van der Waals surface area contributed by atoms with Crippen LogP contribution in [0.1, 0.15) is 18.0 Å². The molecule has 1 fully saturated rings. The van der Waals surface area contributed by atoms with Crippen LogP contribution in [0.3, 0.4) is 0 Å². The van der Waals surface area contributed by atoms with Crippen molar-refractivity contribution in [3.05, 3.63) is 29.8 Å². The summed E-state index contributed by atoms with van der Waals surface area (Å²) < 4.78 is 5.10. The Hall–Kier alpha value is -1.55. The summed E-state index contributed by atoms with van der Waals surface area (Å²) in [7, 11) is 3.41. The molecular weight excluding hydrogens is 218 g/mol. The van der Waals surface area contributed by atoms with Crippen molar-refractivity contribution in [2.24, 2.45) is 5.92 Å². The molecule has 1 heterocycles. The van der Waals surface area contributed by atoms with Crippen molar-refractivity contribution in [3.8, 4) is 5.75 Å². The molecule has 1 N–H and O–H groups in total. The van der Waals surface area contributed by atoms with Crippen LogP contribution in [0.2, 0.25) is 0 Å². The Labute approximate surface area is 101 Å². The fourth-order valence-corrected chi connectivity index (χ4v) is 2.41.